The van der Waals surface area contributed by atoms with Crippen LogP contribution >= 0.6 is 15.9 Å². The van der Waals surface area contributed by atoms with E-state index in [-0.39, 0.29) is 12.6 Å². The zero-order valence-electron chi connectivity index (χ0n) is 9.38. The van der Waals surface area contributed by atoms with Gasteiger partial charge in [0.25, 0.3) is 0 Å². The molecule has 0 amide bonds. The summed E-state index contributed by atoms with van der Waals surface area (Å²) in [5.41, 5.74) is 7.04. The maximum Gasteiger partial charge on any atom is 0.133 e. The average molecular weight is 290 g/mol. The number of hydrogen-bond acceptors (Lipinski definition) is 2. The lowest BCUT2D eigenvalue weighted by Gasteiger charge is -2.11. The van der Waals surface area contributed by atoms with Crippen molar-refractivity contribution in [1.29, 1.82) is 0 Å². The molecule has 1 aromatic rings. The van der Waals surface area contributed by atoms with Crippen molar-refractivity contribution in [2.45, 2.75) is 25.8 Å². The zero-order valence-corrected chi connectivity index (χ0v) is 11.0. The van der Waals surface area contributed by atoms with E-state index in [9.17, 15) is 4.39 Å². The smallest absolute Gasteiger partial charge is 0.133 e. The largest absolute Gasteiger partial charge is 0.490 e. The monoisotopic (exact) mass is 289 g/mol. The molecule has 90 valence electrons. The average Bonchev–Trinajstić information content (AvgIpc) is 2.28. The van der Waals surface area contributed by atoms with Crippen LogP contribution in [0.3, 0.4) is 0 Å². The molecule has 1 aromatic carbocycles. The third-order valence-corrected chi connectivity index (χ3v) is 2.97. The van der Waals surface area contributed by atoms with Gasteiger partial charge in [0, 0.05) is 6.04 Å². The van der Waals surface area contributed by atoms with Gasteiger partial charge in [-0.2, -0.15) is 0 Å². The molecule has 4 heteroatoms. The first kappa shape index (κ1) is 13.5. The summed E-state index contributed by atoms with van der Waals surface area (Å²) >= 11 is 3.40. The van der Waals surface area contributed by atoms with E-state index in [4.69, 9.17) is 10.5 Å². The lowest BCUT2D eigenvalue weighted by atomic mass is 10.0. The van der Waals surface area contributed by atoms with E-state index in [0.29, 0.717) is 5.75 Å². The minimum Gasteiger partial charge on any atom is -0.490 e. The molecular weight excluding hydrogens is 273 g/mol. The summed E-state index contributed by atoms with van der Waals surface area (Å²) in [5.74, 6) is 0.673. The van der Waals surface area contributed by atoms with Gasteiger partial charge in [-0.15, -0.1) is 0 Å². The van der Waals surface area contributed by atoms with Gasteiger partial charge >= 0.3 is 0 Å². The van der Waals surface area contributed by atoms with Crippen molar-refractivity contribution in [3.63, 3.8) is 0 Å². The lowest BCUT2D eigenvalue weighted by Crippen LogP contribution is -2.21. The standard InChI is InChI=1S/C12H17BrFNO/c1-2-10(15)7-9-3-4-12(11(13)8-9)16-6-5-14/h3-4,8,10H,2,5-7,15H2,1H3. The molecule has 1 atom stereocenters. The number of ether oxygens (including phenoxy) is 1. The molecule has 0 aliphatic rings. The van der Waals surface area contributed by atoms with Gasteiger partial charge in [0.1, 0.15) is 19.0 Å². The molecule has 1 unspecified atom stereocenters. The molecule has 0 aliphatic heterocycles. The van der Waals surface area contributed by atoms with Crippen LogP contribution in [0.25, 0.3) is 0 Å². The molecule has 0 bridgehead atoms. The second-order valence-corrected chi connectivity index (χ2v) is 4.53. The molecular formula is C12H17BrFNO. The molecule has 0 saturated heterocycles. The second kappa shape index (κ2) is 6.86. The highest BCUT2D eigenvalue weighted by molar-refractivity contribution is 9.10. The molecule has 2 N–H and O–H groups in total. The molecule has 0 fully saturated rings. The quantitative estimate of drug-likeness (QED) is 0.874. The van der Waals surface area contributed by atoms with E-state index in [0.717, 1.165) is 22.9 Å². The minimum atomic E-state index is -0.477. The maximum atomic E-state index is 12.0. The first-order valence-corrected chi connectivity index (χ1v) is 6.19. The Morgan fingerprint density at radius 3 is 2.81 bits per heavy atom. The molecule has 0 aromatic heterocycles. The highest BCUT2D eigenvalue weighted by Gasteiger charge is 2.05. The lowest BCUT2D eigenvalue weighted by molar-refractivity contribution is 0.272. The van der Waals surface area contributed by atoms with Gasteiger partial charge in [0.05, 0.1) is 4.47 Å². The number of nitrogens with two attached hydrogens (primary N) is 1. The van der Waals surface area contributed by atoms with Crippen molar-refractivity contribution in [1.82, 2.24) is 0 Å². The van der Waals surface area contributed by atoms with Gasteiger partial charge < -0.3 is 10.5 Å². The number of hydrogen-bond donors (Lipinski definition) is 1. The van der Waals surface area contributed by atoms with Crippen LogP contribution in [0, 0.1) is 0 Å². The molecule has 16 heavy (non-hydrogen) atoms. The zero-order chi connectivity index (χ0) is 12.0. The Labute approximate surface area is 104 Å². The first-order chi connectivity index (χ1) is 7.67. The van der Waals surface area contributed by atoms with Crippen LogP contribution < -0.4 is 10.5 Å². The molecule has 0 spiro atoms. The predicted octanol–water partition coefficient (Wildman–Crippen LogP) is 3.08. The van der Waals surface area contributed by atoms with E-state index in [1.54, 1.807) is 0 Å². The van der Waals surface area contributed by atoms with Gasteiger partial charge in [-0.25, -0.2) is 4.39 Å². The summed E-state index contributed by atoms with van der Waals surface area (Å²) in [6.45, 7) is 1.68. The van der Waals surface area contributed by atoms with Crippen molar-refractivity contribution in [2.75, 3.05) is 13.3 Å². The van der Waals surface area contributed by atoms with Crippen molar-refractivity contribution >= 4 is 15.9 Å². The topological polar surface area (TPSA) is 35.2 Å². The highest BCUT2D eigenvalue weighted by Crippen LogP contribution is 2.26. The van der Waals surface area contributed by atoms with Gasteiger partial charge in [0.2, 0.25) is 0 Å². The van der Waals surface area contributed by atoms with E-state index in [2.05, 4.69) is 22.9 Å². The molecule has 0 heterocycles. The van der Waals surface area contributed by atoms with Gasteiger partial charge in [-0.05, 0) is 46.5 Å². The van der Waals surface area contributed by atoms with E-state index in [1.165, 1.54) is 0 Å². The van der Waals surface area contributed by atoms with Gasteiger partial charge in [0.15, 0.2) is 0 Å². The van der Waals surface area contributed by atoms with Gasteiger partial charge in [-0.1, -0.05) is 13.0 Å². The SMILES string of the molecule is CCC(N)Cc1ccc(OCCF)c(Br)c1. The summed E-state index contributed by atoms with van der Waals surface area (Å²) in [4.78, 5) is 0. The maximum absolute atomic E-state index is 12.0. The second-order valence-electron chi connectivity index (χ2n) is 3.67. The fourth-order valence-corrected chi connectivity index (χ4v) is 1.92. The first-order valence-electron chi connectivity index (χ1n) is 5.40. The summed E-state index contributed by atoms with van der Waals surface area (Å²) in [6, 6.07) is 5.97. The fourth-order valence-electron chi connectivity index (χ4n) is 1.38. The summed E-state index contributed by atoms with van der Waals surface area (Å²) in [5, 5.41) is 0. The Bertz CT molecular complexity index is 333. The molecule has 2 nitrogen and oxygen atoms in total. The number of halogens is 2. The van der Waals surface area contributed by atoms with Crippen LogP contribution in [0.1, 0.15) is 18.9 Å². The van der Waals surface area contributed by atoms with Gasteiger partial charge in [-0.3, -0.25) is 0 Å². The third-order valence-electron chi connectivity index (χ3n) is 2.35. The Hall–Kier alpha value is -0.610. The summed E-state index contributed by atoms with van der Waals surface area (Å²) < 4.78 is 18.0. The van der Waals surface area contributed by atoms with Crippen LogP contribution in [0.15, 0.2) is 22.7 Å². The van der Waals surface area contributed by atoms with Crippen LogP contribution in [-0.2, 0) is 6.42 Å². The predicted molar refractivity (Wildman–Crippen MR) is 67.6 cm³/mol. The Kier molecular flexibility index (Phi) is 5.77. The molecule has 0 saturated carbocycles. The van der Waals surface area contributed by atoms with Crippen molar-refractivity contribution in [2.24, 2.45) is 5.73 Å². The fraction of sp³-hybridized carbons (Fsp3) is 0.500. The number of rotatable bonds is 6. The Morgan fingerprint density at radius 1 is 1.50 bits per heavy atom. The van der Waals surface area contributed by atoms with Crippen LogP contribution in [0.2, 0.25) is 0 Å². The minimum absolute atomic E-state index is 0.0897. The molecule has 0 aliphatic carbocycles. The van der Waals surface area contributed by atoms with E-state index >= 15 is 0 Å². The highest BCUT2D eigenvalue weighted by atomic mass is 79.9. The molecule has 1 rings (SSSR count). The summed E-state index contributed by atoms with van der Waals surface area (Å²) in [6.07, 6.45) is 1.80. The van der Waals surface area contributed by atoms with E-state index in [1.807, 2.05) is 18.2 Å². The normalized spacial score (nSPS) is 12.5. The number of benzene rings is 1. The van der Waals surface area contributed by atoms with Crippen molar-refractivity contribution < 1.29 is 9.13 Å². The Balaban J connectivity index is 2.66. The van der Waals surface area contributed by atoms with Crippen LogP contribution in [-0.4, -0.2) is 19.3 Å². The van der Waals surface area contributed by atoms with Crippen LogP contribution in [0.5, 0.6) is 5.75 Å². The Morgan fingerprint density at radius 2 is 2.25 bits per heavy atom. The summed E-state index contributed by atoms with van der Waals surface area (Å²) in [7, 11) is 0. The van der Waals surface area contributed by atoms with E-state index < -0.39 is 6.67 Å². The third kappa shape index (κ3) is 4.10. The van der Waals surface area contributed by atoms with Crippen molar-refractivity contribution in [3.05, 3.63) is 28.2 Å². The van der Waals surface area contributed by atoms with Crippen molar-refractivity contribution in [3.8, 4) is 5.75 Å². The number of alkyl halides is 1. The molecule has 0 radical (unpaired) electrons. The van der Waals surface area contributed by atoms with Crippen LogP contribution in [0.4, 0.5) is 4.39 Å².